The van der Waals surface area contributed by atoms with Crippen LogP contribution in [0.1, 0.15) is 26.7 Å². The minimum atomic E-state index is -0.125. The lowest BCUT2D eigenvalue weighted by Gasteiger charge is -2.45. The van der Waals surface area contributed by atoms with E-state index in [4.69, 9.17) is 16.3 Å². The second kappa shape index (κ2) is 11.6. The monoisotopic (exact) mass is 543 g/mol. The Hall–Kier alpha value is -0.660. The molecule has 0 aromatic heterocycles. The maximum atomic E-state index is 13.5. The van der Waals surface area contributed by atoms with Crippen LogP contribution in [0.4, 0.5) is 0 Å². The number of nitrogens with zero attached hydrogens (tertiary/aromatic N) is 2. The molecule has 5 aliphatic heterocycles. The van der Waals surface area contributed by atoms with Gasteiger partial charge in [0, 0.05) is 70.3 Å². The number of alkyl halides is 1. The van der Waals surface area contributed by atoms with E-state index in [1.165, 1.54) is 0 Å². The molecule has 0 saturated carbocycles. The number of carbonyl (C=O) groups excluding carboxylic acids is 2. The lowest BCUT2D eigenvalue weighted by atomic mass is 9.70. The van der Waals surface area contributed by atoms with Crippen molar-refractivity contribution < 1.29 is 14.3 Å². The van der Waals surface area contributed by atoms with Crippen LogP contribution < -0.4 is 26.7 Å². The van der Waals surface area contributed by atoms with Crippen LogP contribution >= 0.6 is 23.4 Å². The van der Waals surface area contributed by atoms with Crippen LogP contribution in [0.15, 0.2) is 0 Å². The summed E-state index contributed by atoms with van der Waals surface area (Å²) in [6.07, 6.45) is 1.80. The number of rotatable bonds is 6. The van der Waals surface area contributed by atoms with Gasteiger partial charge in [0.1, 0.15) is 5.50 Å². The number of hydrazine groups is 1. The molecule has 12 heteroatoms. The van der Waals surface area contributed by atoms with Gasteiger partial charge in [-0.25, -0.2) is 5.01 Å². The van der Waals surface area contributed by atoms with Crippen LogP contribution in [-0.4, -0.2) is 109 Å². The highest BCUT2D eigenvalue weighted by atomic mass is 35.5. The topological polar surface area (TPSA) is 110 Å². The van der Waals surface area contributed by atoms with E-state index in [-0.39, 0.29) is 58.6 Å². The number of fused-ring (bicyclic) bond motifs is 1. The summed E-state index contributed by atoms with van der Waals surface area (Å²) in [5.74, 6) is 0.707. The van der Waals surface area contributed by atoms with Gasteiger partial charge < -0.3 is 20.3 Å². The van der Waals surface area contributed by atoms with Gasteiger partial charge in [0.25, 0.3) is 0 Å². The Morgan fingerprint density at radius 1 is 1.11 bits per heavy atom. The maximum absolute atomic E-state index is 13.5. The predicted molar refractivity (Wildman–Crippen MR) is 141 cm³/mol. The van der Waals surface area contributed by atoms with Gasteiger partial charge >= 0.3 is 0 Å². The first-order valence-electron chi connectivity index (χ1n) is 13.5. The molecule has 5 aliphatic rings. The highest BCUT2D eigenvalue weighted by molar-refractivity contribution is 8.00. The quantitative estimate of drug-likeness (QED) is 0.225. The zero-order valence-electron chi connectivity index (χ0n) is 21.5. The van der Waals surface area contributed by atoms with Crippen molar-refractivity contribution in [3.8, 4) is 0 Å². The molecule has 5 saturated heterocycles. The third kappa shape index (κ3) is 5.68. The van der Waals surface area contributed by atoms with Gasteiger partial charge in [-0.1, -0.05) is 6.92 Å². The van der Waals surface area contributed by atoms with Crippen molar-refractivity contribution in [3.05, 3.63) is 0 Å². The van der Waals surface area contributed by atoms with Crippen LogP contribution in [0.2, 0.25) is 0 Å². The lowest BCUT2D eigenvalue weighted by molar-refractivity contribution is -0.134. The molecule has 0 radical (unpaired) electrons. The number of methoxy groups -OCH3 is 1. The molecular weight excluding hydrogens is 502 g/mol. The molecular formula is C24H42ClN7O3S. The Balaban J connectivity index is 1.15. The van der Waals surface area contributed by atoms with Gasteiger partial charge in [-0.05, 0) is 31.6 Å². The summed E-state index contributed by atoms with van der Waals surface area (Å²) in [4.78, 5) is 28.6. The van der Waals surface area contributed by atoms with Crippen molar-refractivity contribution >= 4 is 35.2 Å². The smallest absolute Gasteiger partial charge is 0.228 e. The first-order valence-corrected chi connectivity index (χ1v) is 14.9. The Morgan fingerprint density at radius 2 is 1.94 bits per heavy atom. The highest BCUT2D eigenvalue weighted by Crippen LogP contribution is 2.38. The summed E-state index contributed by atoms with van der Waals surface area (Å²) in [7, 11) is 1.75. The number of carbonyl (C=O) groups is 2. The number of hydrogen-bond acceptors (Lipinski definition) is 9. The molecule has 0 aromatic rings. The predicted octanol–water partition coefficient (Wildman–Crippen LogP) is -0.438. The van der Waals surface area contributed by atoms with Gasteiger partial charge in [0.15, 0.2) is 0 Å². The van der Waals surface area contributed by atoms with Gasteiger partial charge in [-0.15, -0.1) is 23.4 Å². The molecule has 5 N–H and O–H groups in total. The summed E-state index contributed by atoms with van der Waals surface area (Å²) < 4.78 is 5.80. The molecule has 10 nitrogen and oxygen atoms in total. The summed E-state index contributed by atoms with van der Waals surface area (Å²) >= 11 is 8.21. The van der Waals surface area contributed by atoms with Crippen molar-refractivity contribution in [1.29, 1.82) is 0 Å². The number of likely N-dealkylation sites (tertiary alicyclic amines) is 1. The zero-order chi connectivity index (χ0) is 25.4. The van der Waals surface area contributed by atoms with Crippen LogP contribution in [0, 0.1) is 23.7 Å². The highest BCUT2D eigenvalue weighted by Gasteiger charge is 2.47. The zero-order valence-corrected chi connectivity index (χ0v) is 23.1. The number of hydrogen-bond donors (Lipinski definition) is 5. The Kier molecular flexibility index (Phi) is 8.68. The second-order valence-corrected chi connectivity index (χ2v) is 12.9. The van der Waals surface area contributed by atoms with Gasteiger partial charge in [0.2, 0.25) is 11.8 Å². The summed E-state index contributed by atoms with van der Waals surface area (Å²) in [5.41, 5.74) is 3.09. The number of amides is 2. The van der Waals surface area contributed by atoms with E-state index >= 15 is 0 Å². The van der Waals surface area contributed by atoms with Crippen molar-refractivity contribution in [2.24, 2.45) is 23.7 Å². The van der Waals surface area contributed by atoms with E-state index < -0.39 is 0 Å². The lowest BCUT2D eigenvalue weighted by Crippen LogP contribution is -2.57. The molecule has 0 aromatic carbocycles. The normalized spacial score (nSPS) is 43.5. The van der Waals surface area contributed by atoms with Crippen LogP contribution in [0.3, 0.4) is 0 Å². The minimum Gasteiger partial charge on any atom is -0.380 e. The van der Waals surface area contributed by atoms with Crippen LogP contribution in [-0.2, 0) is 14.3 Å². The summed E-state index contributed by atoms with van der Waals surface area (Å²) in [6.45, 7) is 9.52. The average Bonchev–Trinajstić information content (AvgIpc) is 3.58. The summed E-state index contributed by atoms with van der Waals surface area (Å²) in [5, 5.41) is 16.1. The SMILES string of the molecule is CCN1CC(C(=O)N2CC3NC(NC(=O)C4CNC(C)CC4C4CC(Cl)NCC4OC)SC3C2)CN1. The van der Waals surface area contributed by atoms with Crippen LogP contribution in [0.5, 0.6) is 0 Å². The number of ether oxygens (including phenoxy) is 1. The van der Waals surface area contributed by atoms with Gasteiger partial charge in [-0.2, -0.15) is 0 Å². The number of nitrogens with one attached hydrogen (secondary N) is 5. The van der Waals surface area contributed by atoms with E-state index in [0.29, 0.717) is 30.9 Å². The molecule has 2 amide bonds. The standard InChI is InChI=1S/C24H42ClN7O3S/c1-4-32-10-14(7-28-32)23(34)31-11-18-20(12-31)36-24(29-18)30-22(33)17-8-26-13(2)5-15(17)16-6-21(25)27-9-19(16)35-3/h13-21,24,26-29H,4-12H2,1-3H3,(H,30,33). The number of thioether (sulfide) groups is 1. The van der Waals surface area contributed by atoms with Crippen molar-refractivity contribution in [2.45, 2.75) is 61.1 Å². The van der Waals surface area contributed by atoms with Crippen molar-refractivity contribution in [2.75, 3.05) is 52.9 Å². The molecule has 0 aliphatic carbocycles. The fraction of sp³-hybridized carbons (Fsp3) is 0.917. The van der Waals surface area contributed by atoms with E-state index in [0.717, 1.165) is 39.0 Å². The molecule has 5 fully saturated rings. The Labute approximate surface area is 223 Å². The molecule has 5 rings (SSSR count). The minimum absolute atomic E-state index is 0.0286. The van der Waals surface area contributed by atoms with Crippen molar-refractivity contribution in [3.63, 3.8) is 0 Å². The maximum Gasteiger partial charge on any atom is 0.228 e. The largest absolute Gasteiger partial charge is 0.380 e. The number of piperidine rings is 2. The van der Waals surface area contributed by atoms with Crippen LogP contribution in [0.25, 0.3) is 0 Å². The molecule has 0 bridgehead atoms. The third-order valence-corrected chi connectivity index (χ3v) is 10.5. The van der Waals surface area contributed by atoms with E-state index in [1.807, 2.05) is 4.90 Å². The van der Waals surface area contributed by atoms with Gasteiger partial charge in [0.05, 0.1) is 23.4 Å². The Bertz CT molecular complexity index is 798. The van der Waals surface area contributed by atoms with Gasteiger partial charge in [-0.3, -0.25) is 25.6 Å². The van der Waals surface area contributed by atoms with Crippen molar-refractivity contribution in [1.82, 2.24) is 36.6 Å². The second-order valence-electron chi connectivity index (χ2n) is 11.0. The van der Waals surface area contributed by atoms with E-state index in [2.05, 4.69) is 45.5 Å². The van der Waals surface area contributed by atoms with E-state index in [9.17, 15) is 9.59 Å². The average molecular weight is 544 g/mol. The molecule has 0 spiro atoms. The molecule has 5 heterocycles. The van der Waals surface area contributed by atoms with E-state index in [1.54, 1.807) is 18.9 Å². The molecule has 204 valence electrons. The first kappa shape index (κ1) is 26.9. The molecule has 36 heavy (non-hydrogen) atoms. The fourth-order valence-corrected chi connectivity index (χ4v) is 8.45. The molecule has 10 unspecified atom stereocenters. The first-order chi connectivity index (χ1) is 17.4. The Morgan fingerprint density at radius 3 is 2.67 bits per heavy atom. The summed E-state index contributed by atoms with van der Waals surface area (Å²) in [6, 6.07) is 0.571. The molecule has 10 atom stereocenters. The third-order valence-electron chi connectivity index (χ3n) is 8.78. The fourth-order valence-electron chi connectivity index (χ4n) is 6.74. The number of halogens is 1.